The monoisotopic (exact) mass is 417 g/mol. The second kappa shape index (κ2) is 8.73. The van der Waals surface area contributed by atoms with Crippen molar-refractivity contribution >= 4 is 12.1 Å². The fourth-order valence-corrected chi connectivity index (χ4v) is 3.22. The van der Waals surface area contributed by atoms with E-state index in [1.807, 2.05) is 13.8 Å². The summed E-state index contributed by atoms with van der Waals surface area (Å²) in [7, 11) is 0. The number of aromatic hydroxyl groups is 1. The second-order valence-corrected chi connectivity index (χ2v) is 8.39. The van der Waals surface area contributed by atoms with Gasteiger partial charge in [0.1, 0.15) is 17.2 Å². The van der Waals surface area contributed by atoms with Crippen LogP contribution < -0.4 is 5.32 Å². The fourth-order valence-electron chi connectivity index (χ4n) is 3.22. The molecule has 30 heavy (non-hydrogen) atoms. The number of phenols is 1. The van der Waals surface area contributed by atoms with Gasteiger partial charge in [-0.1, -0.05) is 6.07 Å². The van der Waals surface area contributed by atoms with Gasteiger partial charge >= 0.3 is 12.1 Å². The number of amides is 1. The molecule has 162 valence electrons. The van der Waals surface area contributed by atoms with Gasteiger partial charge < -0.3 is 20.3 Å². The molecule has 0 heterocycles. The first kappa shape index (κ1) is 23.2. The lowest BCUT2D eigenvalue weighted by Crippen LogP contribution is -2.36. The number of rotatable bonds is 5. The highest BCUT2D eigenvalue weighted by Crippen LogP contribution is 2.37. The Morgan fingerprint density at radius 2 is 1.77 bits per heavy atom. The molecule has 0 saturated carbocycles. The fraction of sp³-hybridized carbons (Fsp3) is 0.391. The lowest BCUT2D eigenvalue weighted by Gasteiger charge is -2.24. The Labute approximate surface area is 175 Å². The molecule has 0 aliphatic rings. The maximum absolute atomic E-state index is 15.0. The summed E-state index contributed by atoms with van der Waals surface area (Å²) < 4.78 is 20.2. The van der Waals surface area contributed by atoms with E-state index in [0.29, 0.717) is 11.1 Å². The number of alkyl carbamates (subject to hydrolysis) is 1. The normalized spacial score (nSPS) is 12.4. The van der Waals surface area contributed by atoms with Gasteiger partial charge in [-0.2, -0.15) is 0 Å². The number of carbonyl (C=O) groups is 2. The number of benzene rings is 2. The van der Waals surface area contributed by atoms with E-state index in [9.17, 15) is 19.8 Å². The topological polar surface area (TPSA) is 95.9 Å². The second-order valence-electron chi connectivity index (χ2n) is 8.39. The molecule has 0 saturated heterocycles. The lowest BCUT2D eigenvalue weighted by molar-refractivity contribution is -0.137. The van der Waals surface area contributed by atoms with Crippen molar-refractivity contribution in [3.8, 4) is 16.9 Å². The molecule has 6 nitrogen and oxygen atoms in total. The summed E-state index contributed by atoms with van der Waals surface area (Å²) in [6.07, 6.45) is -1.37. The molecule has 3 N–H and O–H groups in total. The number of phenolic OH excluding ortho intramolecular Hbond substituents is 1. The Kier molecular flexibility index (Phi) is 6.75. The number of hydrogen-bond acceptors (Lipinski definition) is 4. The highest BCUT2D eigenvalue weighted by molar-refractivity contribution is 5.77. The largest absolute Gasteiger partial charge is 0.507 e. The molecule has 1 atom stereocenters. The highest BCUT2D eigenvalue weighted by atomic mass is 19.1. The van der Waals surface area contributed by atoms with Crippen LogP contribution in [0, 0.1) is 26.6 Å². The standard InChI is InChI=1S/C23H28FNO5/c1-12-7-8-18(26)20(14(12)3)15-9-13(2)21(24)16(10-15)17(11-19(27)28)25-22(29)30-23(4,5)6/h7-10,17,26H,11H2,1-6H3,(H,25,29)(H,27,28)/t17-/m0/s1. The Balaban J connectivity index is 2.58. The van der Waals surface area contributed by atoms with Gasteiger partial charge in [0.15, 0.2) is 0 Å². The quantitative estimate of drug-likeness (QED) is 0.624. The van der Waals surface area contributed by atoms with Crippen LogP contribution in [-0.2, 0) is 9.53 Å². The number of aryl methyl sites for hydroxylation is 2. The molecule has 0 unspecified atom stereocenters. The van der Waals surface area contributed by atoms with Gasteiger partial charge in [0.25, 0.3) is 0 Å². The van der Waals surface area contributed by atoms with Crippen LogP contribution in [0.5, 0.6) is 5.75 Å². The van der Waals surface area contributed by atoms with Crippen LogP contribution in [0.15, 0.2) is 24.3 Å². The smallest absolute Gasteiger partial charge is 0.408 e. The Morgan fingerprint density at radius 1 is 1.13 bits per heavy atom. The van der Waals surface area contributed by atoms with Crippen molar-refractivity contribution in [2.45, 2.75) is 59.6 Å². The van der Waals surface area contributed by atoms with E-state index < -0.39 is 35.9 Å². The first-order valence-corrected chi connectivity index (χ1v) is 9.61. The molecule has 1 amide bonds. The maximum atomic E-state index is 15.0. The average molecular weight is 417 g/mol. The van der Waals surface area contributed by atoms with Crippen LogP contribution in [0.25, 0.3) is 11.1 Å². The van der Waals surface area contributed by atoms with Gasteiger partial charge in [0.2, 0.25) is 0 Å². The zero-order valence-electron chi connectivity index (χ0n) is 18.1. The van der Waals surface area contributed by atoms with E-state index in [1.165, 1.54) is 6.07 Å². The van der Waals surface area contributed by atoms with Crippen molar-refractivity contribution in [2.24, 2.45) is 0 Å². The summed E-state index contributed by atoms with van der Waals surface area (Å²) >= 11 is 0. The molecule has 0 aliphatic carbocycles. The maximum Gasteiger partial charge on any atom is 0.408 e. The van der Waals surface area contributed by atoms with Crippen molar-refractivity contribution in [1.82, 2.24) is 5.32 Å². The molecular formula is C23H28FNO5. The number of ether oxygens (including phenoxy) is 1. The summed E-state index contributed by atoms with van der Waals surface area (Å²) in [6.45, 7) is 10.3. The summed E-state index contributed by atoms with van der Waals surface area (Å²) in [5.41, 5.74) is 2.32. The Bertz CT molecular complexity index is 979. The molecule has 0 aromatic heterocycles. The van der Waals surface area contributed by atoms with Crippen LogP contribution in [-0.4, -0.2) is 27.9 Å². The van der Waals surface area contributed by atoms with E-state index in [4.69, 9.17) is 4.74 Å². The van der Waals surface area contributed by atoms with Crippen LogP contribution in [0.2, 0.25) is 0 Å². The SMILES string of the molecule is Cc1ccc(O)c(-c2cc(C)c(F)c([C@H](CC(=O)O)NC(=O)OC(C)(C)C)c2)c1C. The minimum atomic E-state index is -1.20. The summed E-state index contributed by atoms with van der Waals surface area (Å²) in [5.74, 6) is -1.79. The van der Waals surface area contributed by atoms with Gasteiger partial charge in [-0.3, -0.25) is 4.79 Å². The van der Waals surface area contributed by atoms with Crippen molar-refractivity contribution < 1.29 is 28.9 Å². The summed E-state index contributed by atoms with van der Waals surface area (Å²) in [4.78, 5) is 23.6. The first-order valence-electron chi connectivity index (χ1n) is 9.61. The molecule has 0 aliphatic heterocycles. The number of carboxylic acid groups (broad SMARTS) is 1. The summed E-state index contributed by atoms with van der Waals surface area (Å²) in [5, 5.41) is 22.2. The number of carboxylic acids is 1. The van der Waals surface area contributed by atoms with Crippen LogP contribution in [0.1, 0.15) is 55.5 Å². The van der Waals surface area contributed by atoms with Gasteiger partial charge in [-0.05, 0) is 82.0 Å². The third kappa shape index (κ3) is 5.49. The van der Waals surface area contributed by atoms with Gasteiger partial charge in [-0.15, -0.1) is 0 Å². The lowest BCUT2D eigenvalue weighted by atomic mass is 9.91. The first-order chi connectivity index (χ1) is 13.8. The third-order valence-corrected chi connectivity index (χ3v) is 4.73. The molecule has 0 radical (unpaired) electrons. The molecule has 0 bridgehead atoms. The molecule has 0 spiro atoms. The number of aliphatic carboxylic acids is 1. The van der Waals surface area contributed by atoms with Gasteiger partial charge in [0.05, 0.1) is 12.5 Å². The van der Waals surface area contributed by atoms with Gasteiger partial charge in [0, 0.05) is 11.1 Å². The highest BCUT2D eigenvalue weighted by Gasteiger charge is 2.26. The van der Waals surface area contributed by atoms with Crippen molar-refractivity contribution in [3.05, 3.63) is 52.3 Å². The average Bonchev–Trinajstić information content (AvgIpc) is 2.58. The predicted octanol–water partition coefficient (Wildman–Crippen LogP) is 5.16. The van der Waals surface area contributed by atoms with E-state index in [1.54, 1.807) is 45.9 Å². The Hall–Kier alpha value is -3.09. The van der Waals surface area contributed by atoms with Crippen molar-refractivity contribution in [1.29, 1.82) is 0 Å². The molecule has 2 rings (SSSR count). The van der Waals surface area contributed by atoms with Crippen LogP contribution in [0.4, 0.5) is 9.18 Å². The van der Waals surface area contributed by atoms with Crippen LogP contribution >= 0.6 is 0 Å². The predicted molar refractivity (Wildman–Crippen MR) is 112 cm³/mol. The van der Waals surface area contributed by atoms with E-state index in [0.717, 1.165) is 11.1 Å². The minimum absolute atomic E-state index is 0.0126. The zero-order valence-corrected chi connectivity index (χ0v) is 18.1. The van der Waals surface area contributed by atoms with Crippen LogP contribution in [0.3, 0.4) is 0 Å². The van der Waals surface area contributed by atoms with Gasteiger partial charge in [-0.25, -0.2) is 9.18 Å². The Morgan fingerprint density at radius 3 is 2.33 bits per heavy atom. The summed E-state index contributed by atoms with van der Waals surface area (Å²) in [6, 6.07) is 5.25. The number of carbonyl (C=O) groups excluding carboxylic acids is 1. The van der Waals surface area contributed by atoms with E-state index in [2.05, 4.69) is 5.32 Å². The molecule has 7 heteroatoms. The number of nitrogens with one attached hydrogen (secondary N) is 1. The third-order valence-electron chi connectivity index (χ3n) is 4.73. The zero-order chi connectivity index (χ0) is 22.8. The van der Waals surface area contributed by atoms with Crippen molar-refractivity contribution in [2.75, 3.05) is 0 Å². The number of hydrogen-bond donors (Lipinski definition) is 3. The number of halogens is 1. The van der Waals surface area contributed by atoms with Crippen molar-refractivity contribution in [3.63, 3.8) is 0 Å². The molecule has 2 aromatic rings. The minimum Gasteiger partial charge on any atom is -0.507 e. The van der Waals surface area contributed by atoms with E-state index >= 15 is 4.39 Å². The molecular weight excluding hydrogens is 389 g/mol. The molecule has 0 fully saturated rings. The molecule has 2 aromatic carbocycles. The van der Waals surface area contributed by atoms with E-state index in [-0.39, 0.29) is 16.9 Å².